The van der Waals surface area contributed by atoms with Crippen molar-refractivity contribution in [1.29, 1.82) is 0 Å². The van der Waals surface area contributed by atoms with E-state index in [0.717, 1.165) is 53.0 Å². The number of thioether (sulfide) groups is 1. The highest BCUT2D eigenvalue weighted by molar-refractivity contribution is 7.98. The largest absolute Gasteiger partial charge is 0.497 e. The molecule has 0 saturated heterocycles. The first-order valence-corrected chi connectivity index (χ1v) is 12.1. The maximum atomic E-state index is 12.3. The Hall–Kier alpha value is -2.80. The molecule has 0 aliphatic heterocycles. The molecular formula is C25H32N4O2S. The van der Waals surface area contributed by atoms with Crippen LogP contribution in [0.15, 0.2) is 53.7 Å². The number of benzene rings is 2. The minimum atomic E-state index is 0.0603. The van der Waals surface area contributed by atoms with Crippen LogP contribution in [0.25, 0.3) is 5.69 Å². The molecule has 1 aromatic heterocycles. The second-order valence-electron chi connectivity index (χ2n) is 7.80. The van der Waals surface area contributed by atoms with Gasteiger partial charge in [-0.25, -0.2) is 0 Å². The summed E-state index contributed by atoms with van der Waals surface area (Å²) in [6.45, 7) is 4.59. The van der Waals surface area contributed by atoms with E-state index in [-0.39, 0.29) is 5.91 Å². The standard InChI is InChI=1S/C25H32N4O2S/c1-4-5-6-7-11-24(30)26-17-23-27-28-25(29(23)21-14-12-19(2)13-15-21)32-18-20-9-8-10-22(16-20)31-3/h8-10,12-16H,4-7,11,17-18H2,1-3H3,(H,26,30). The van der Waals surface area contributed by atoms with Crippen molar-refractivity contribution in [2.45, 2.75) is 63.4 Å². The molecule has 0 spiro atoms. The smallest absolute Gasteiger partial charge is 0.220 e. The number of hydrogen-bond acceptors (Lipinski definition) is 5. The van der Waals surface area contributed by atoms with E-state index < -0.39 is 0 Å². The van der Waals surface area contributed by atoms with Crippen LogP contribution in [0.4, 0.5) is 0 Å². The van der Waals surface area contributed by atoms with Gasteiger partial charge >= 0.3 is 0 Å². The van der Waals surface area contributed by atoms with Crippen LogP contribution in [0.1, 0.15) is 56.0 Å². The van der Waals surface area contributed by atoms with Crippen LogP contribution in [0.2, 0.25) is 0 Å². The van der Waals surface area contributed by atoms with Crippen LogP contribution in [-0.2, 0) is 17.1 Å². The number of rotatable bonds is 12. The number of amides is 1. The van der Waals surface area contributed by atoms with Crippen LogP contribution >= 0.6 is 11.8 Å². The van der Waals surface area contributed by atoms with Gasteiger partial charge in [-0.15, -0.1) is 10.2 Å². The maximum Gasteiger partial charge on any atom is 0.220 e. The first kappa shape index (κ1) is 23.9. The number of methoxy groups -OCH3 is 1. The first-order chi connectivity index (χ1) is 15.6. The number of aromatic nitrogens is 3. The number of nitrogens with one attached hydrogen (secondary N) is 1. The number of unbranched alkanes of at least 4 members (excludes halogenated alkanes) is 3. The summed E-state index contributed by atoms with van der Waals surface area (Å²) in [5.74, 6) is 2.37. The zero-order valence-electron chi connectivity index (χ0n) is 19.1. The first-order valence-electron chi connectivity index (χ1n) is 11.1. The summed E-state index contributed by atoms with van der Waals surface area (Å²) in [7, 11) is 1.67. The summed E-state index contributed by atoms with van der Waals surface area (Å²) in [6.07, 6.45) is 4.90. The SMILES string of the molecule is CCCCCCC(=O)NCc1nnc(SCc2cccc(OC)c2)n1-c1ccc(C)cc1. The molecule has 3 rings (SSSR count). The third kappa shape index (κ3) is 6.85. The molecule has 0 radical (unpaired) electrons. The zero-order valence-corrected chi connectivity index (χ0v) is 20.0. The Kier molecular flexibility index (Phi) is 9.16. The number of carbonyl (C=O) groups is 1. The number of nitrogens with zero attached hydrogens (tertiary/aromatic N) is 3. The van der Waals surface area contributed by atoms with Crippen LogP contribution < -0.4 is 10.1 Å². The number of carbonyl (C=O) groups excluding carboxylic acids is 1. The van der Waals surface area contributed by atoms with Crippen molar-refractivity contribution in [2.75, 3.05) is 7.11 Å². The van der Waals surface area contributed by atoms with Gasteiger partial charge in [-0.05, 0) is 43.2 Å². The molecule has 0 aliphatic rings. The molecule has 1 heterocycles. The maximum absolute atomic E-state index is 12.3. The van der Waals surface area contributed by atoms with E-state index in [1.54, 1.807) is 18.9 Å². The van der Waals surface area contributed by atoms with Gasteiger partial charge in [0.1, 0.15) is 5.75 Å². The van der Waals surface area contributed by atoms with Gasteiger partial charge in [0.15, 0.2) is 11.0 Å². The van der Waals surface area contributed by atoms with Gasteiger partial charge in [-0.1, -0.05) is 67.8 Å². The van der Waals surface area contributed by atoms with Gasteiger partial charge in [0.05, 0.1) is 13.7 Å². The topological polar surface area (TPSA) is 69.0 Å². The summed E-state index contributed by atoms with van der Waals surface area (Å²) >= 11 is 1.61. The van der Waals surface area contributed by atoms with Gasteiger partial charge in [-0.2, -0.15) is 0 Å². The minimum Gasteiger partial charge on any atom is -0.497 e. The average molecular weight is 453 g/mol. The van der Waals surface area contributed by atoms with E-state index >= 15 is 0 Å². The Morgan fingerprint density at radius 2 is 1.91 bits per heavy atom. The molecule has 6 nitrogen and oxygen atoms in total. The molecule has 1 amide bonds. The molecule has 1 N–H and O–H groups in total. The Morgan fingerprint density at radius 3 is 2.66 bits per heavy atom. The lowest BCUT2D eigenvalue weighted by molar-refractivity contribution is -0.121. The quantitative estimate of drug-likeness (QED) is 0.292. The normalized spacial score (nSPS) is 10.8. The third-order valence-corrected chi connectivity index (χ3v) is 6.20. The summed E-state index contributed by atoms with van der Waals surface area (Å²) < 4.78 is 7.36. The molecular weight excluding hydrogens is 420 g/mol. The highest BCUT2D eigenvalue weighted by Gasteiger charge is 2.15. The fourth-order valence-corrected chi connectivity index (χ4v) is 4.26. The molecule has 0 atom stereocenters. The molecule has 32 heavy (non-hydrogen) atoms. The van der Waals surface area contributed by atoms with Crippen LogP contribution in [0, 0.1) is 6.92 Å². The summed E-state index contributed by atoms with van der Waals surface area (Å²) in [5.41, 5.74) is 3.32. The third-order valence-electron chi connectivity index (χ3n) is 5.20. The predicted molar refractivity (Wildman–Crippen MR) is 129 cm³/mol. The lowest BCUT2D eigenvalue weighted by atomic mass is 10.1. The fourth-order valence-electron chi connectivity index (χ4n) is 3.35. The van der Waals surface area contributed by atoms with Gasteiger partial charge in [-0.3, -0.25) is 9.36 Å². The van der Waals surface area contributed by atoms with Gasteiger partial charge in [0, 0.05) is 17.9 Å². The molecule has 0 fully saturated rings. The fraction of sp³-hybridized carbons (Fsp3) is 0.400. The molecule has 170 valence electrons. The molecule has 3 aromatic rings. The molecule has 7 heteroatoms. The highest BCUT2D eigenvalue weighted by Crippen LogP contribution is 2.27. The summed E-state index contributed by atoms with van der Waals surface area (Å²) in [6, 6.07) is 16.3. The van der Waals surface area contributed by atoms with E-state index in [9.17, 15) is 4.79 Å². The predicted octanol–water partition coefficient (Wildman–Crippen LogP) is 5.46. The minimum absolute atomic E-state index is 0.0603. The Balaban J connectivity index is 1.73. The molecule has 0 saturated carbocycles. The Labute approximate surface area is 194 Å². The van der Waals surface area contributed by atoms with Crippen molar-refractivity contribution in [3.8, 4) is 11.4 Å². The van der Waals surface area contributed by atoms with Crippen LogP contribution in [0.3, 0.4) is 0 Å². The van der Waals surface area contributed by atoms with Crippen molar-refractivity contribution in [3.63, 3.8) is 0 Å². The number of ether oxygens (including phenoxy) is 1. The van der Waals surface area contributed by atoms with Gasteiger partial charge in [0.25, 0.3) is 0 Å². The van der Waals surface area contributed by atoms with E-state index in [2.05, 4.69) is 59.7 Å². The molecule has 0 aliphatic carbocycles. The lowest BCUT2D eigenvalue weighted by Crippen LogP contribution is -2.24. The van der Waals surface area contributed by atoms with E-state index in [1.165, 1.54) is 12.0 Å². The van der Waals surface area contributed by atoms with Crippen LogP contribution in [0.5, 0.6) is 5.75 Å². The van der Waals surface area contributed by atoms with Gasteiger partial charge < -0.3 is 10.1 Å². The van der Waals surface area contributed by atoms with Gasteiger partial charge in [0.2, 0.25) is 5.91 Å². The van der Waals surface area contributed by atoms with Crippen molar-refractivity contribution in [2.24, 2.45) is 0 Å². The number of hydrogen-bond donors (Lipinski definition) is 1. The molecule has 0 bridgehead atoms. The van der Waals surface area contributed by atoms with E-state index in [4.69, 9.17) is 4.74 Å². The molecule has 0 unspecified atom stereocenters. The van der Waals surface area contributed by atoms with Crippen molar-refractivity contribution >= 4 is 17.7 Å². The van der Waals surface area contributed by atoms with Crippen LogP contribution in [-0.4, -0.2) is 27.8 Å². The van der Waals surface area contributed by atoms with E-state index in [1.807, 2.05) is 22.8 Å². The Bertz CT molecular complexity index is 1000. The average Bonchev–Trinajstić information content (AvgIpc) is 3.22. The highest BCUT2D eigenvalue weighted by atomic mass is 32.2. The summed E-state index contributed by atoms with van der Waals surface area (Å²) in [4.78, 5) is 12.3. The Morgan fingerprint density at radius 1 is 1.09 bits per heavy atom. The summed E-state index contributed by atoms with van der Waals surface area (Å²) in [5, 5.41) is 12.6. The molecule has 2 aromatic carbocycles. The van der Waals surface area contributed by atoms with Crippen molar-refractivity contribution < 1.29 is 9.53 Å². The lowest BCUT2D eigenvalue weighted by Gasteiger charge is -2.12. The monoisotopic (exact) mass is 452 g/mol. The zero-order chi connectivity index (χ0) is 22.8. The second-order valence-corrected chi connectivity index (χ2v) is 8.74. The second kappa shape index (κ2) is 12.3. The van der Waals surface area contributed by atoms with Crippen molar-refractivity contribution in [1.82, 2.24) is 20.1 Å². The van der Waals surface area contributed by atoms with Crippen molar-refractivity contribution in [3.05, 3.63) is 65.5 Å². The number of aryl methyl sites for hydroxylation is 1. The van der Waals surface area contributed by atoms with E-state index in [0.29, 0.717) is 13.0 Å².